The fraction of sp³-hybridized carbons (Fsp3) is 0.483. The molecular weight excluding hydrogens is 426 g/mol. The van der Waals surface area contributed by atoms with Gasteiger partial charge in [0.15, 0.2) is 3.95 Å². The Balaban J connectivity index is 2.02. The third-order valence-corrected chi connectivity index (χ3v) is 8.52. The normalized spacial score (nSPS) is 16.8. The number of para-hydroxylation sites is 1. The summed E-state index contributed by atoms with van der Waals surface area (Å²) >= 11 is 7.80. The summed E-state index contributed by atoms with van der Waals surface area (Å²) in [7, 11) is 0. The summed E-state index contributed by atoms with van der Waals surface area (Å²) in [5, 5.41) is 0. The van der Waals surface area contributed by atoms with Crippen LogP contribution in [0.2, 0.25) is 0 Å². The first kappa shape index (κ1) is 23.4. The number of hydrogen-bond donors (Lipinski definition) is 0. The van der Waals surface area contributed by atoms with Crippen LogP contribution in [0.1, 0.15) is 94.5 Å². The molecule has 1 aromatic heterocycles. The van der Waals surface area contributed by atoms with Crippen molar-refractivity contribution in [1.29, 1.82) is 0 Å². The maximum absolute atomic E-state index is 5.98. The Labute approximate surface area is 203 Å². The number of aromatic nitrogens is 1. The smallest absolute Gasteiger partial charge is 0.166 e. The maximum atomic E-state index is 5.98. The average Bonchev–Trinajstić information content (AvgIpc) is 3.03. The third-order valence-electron chi connectivity index (χ3n) is 6.87. The van der Waals surface area contributed by atoms with E-state index in [4.69, 9.17) is 12.2 Å². The summed E-state index contributed by atoms with van der Waals surface area (Å²) in [5.41, 5.74) is 9.54. The third kappa shape index (κ3) is 4.26. The van der Waals surface area contributed by atoms with Gasteiger partial charge in [-0.25, -0.2) is 0 Å². The molecule has 1 aliphatic rings. The van der Waals surface area contributed by atoms with E-state index < -0.39 is 0 Å². The molecule has 0 saturated heterocycles. The van der Waals surface area contributed by atoms with E-state index in [1.807, 2.05) is 11.3 Å². The first-order chi connectivity index (χ1) is 14.9. The minimum absolute atomic E-state index is 0.0906. The molecule has 1 heterocycles. The van der Waals surface area contributed by atoms with Crippen molar-refractivity contribution in [3.8, 4) is 16.8 Å². The molecule has 3 heteroatoms. The highest BCUT2D eigenvalue weighted by Crippen LogP contribution is 2.42. The second-order valence-electron chi connectivity index (χ2n) is 11.6. The fourth-order valence-corrected chi connectivity index (χ4v) is 6.39. The zero-order valence-corrected chi connectivity index (χ0v) is 22.6. The predicted octanol–water partition coefficient (Wildman–Crippen LogP) is 9.28. The summed E-state index contributed by atoms with van der Waals surface area (Å²) in [6, 6.07) is 13.9. The van der Waals surface area contributed by atoms with Crippen LogP contribution in [-0.2, 0) is 17.3 Å². The van der Waals surface area contributed by atoms with Gasteiger partial charge in [-0.1, -0.05) is 84.9 Å². The molecule has 0 N–H and O–H groups in total. The van der Waals surface area contributed by atoms with Crippen LogP contribution >= 0.6 is 23.6 Å². The quantitative estimate of drug-likeness (QED) is 0.343. The maximum Gasteiger partial charge on any atom is 0.166 e. The topological polar surface area (TPSA) is 4.93 Å². The zero-order valence-electron chi connectivity index (χ0n) is 20.9. The van der Waals surface area contributed by atoms with Crippen molar-refractivity contribution < 1.29 is 0 Å². The van der Waals surface area contributed by atoms with Crippen LogP contribution in [0, 0.1) is 10.9 Å². The molecule has 4 rings (SSSR count). The van der Waals surface area contributed by atoms with Crippen LogP contribution in [-0.4, -0.2) is 4.57 Å². The van der Waals surface area contributed by atoms with Crippen LogP contribution in [0.15, 0.2) is 36.4 Å². The lowest BCUT2D eigenvalue weighted by Gasteiger charge is -2.27. The Morgan fingerprint density at radius 3 is 2.19 bits per heavy atom. The average molecular weight is 464 g/mol. The Morgan fingerprint density at radius 1 is 0.969 bits per heavy atom. The van der Waals surface area contributed by atoms with E-state index in [0.29, 0.717) is 5.92 Å². The van der Waals surface area contributed by atoms with Crippen molar-refractivity contribution in [3.63, 3.8) is 0 Å². The van der Waals surface area contributed by atoms with Gasteiger partial charge in [-0.05, 0) is 77.4 Å². The summed E-state index contributed by atoms with van der Waals surface area (Å²) in [5.74, 6) is 0.607. The Kier molecular flexibility index (Phi) is 6.05. The SMILES string of the molecule is Cc1cccc(-c2cc(C(C)(C)C)cc(C(C)(C)C)c2)c1-n1c2c(sc1=S)C(C)CCC2. The lowest BCUT2D eigenvalue weighted by atomic mass is 9.78. The summed E-state index contributed by atoms with van der Waals surface area (Å²) in [4.78, 5) is 1.49. The van der Waals surface area contributed by atoms with Gasteiger partial charge in [-0.3, -0.25) is 4.57 Å². The molecule has 1 nitrogen and oxygen atoms in total. The van der Waals surface area contributed by atoms with E-state index in [0.717, 1.165) is 10.4 Å². The van der Waals surface area contributed by atoms with E-state index in [1.54, 1.807) is 0 Å². The van der Waals surface area contributed by atoms with E-state index in [9.17, 15) is 0 Å². The molecule has 32 heavy (non-hydrogen) atoms. The first-order valence-corrected chi connectivity index (χ1v) is 13.1. The molecule has 1 aliphatic carbocycles. The van der Waals surface area contributed by atoms with Crippen molar-refractivity contribution in [3.05, 3.63) is 67.6 Å². The molecule has 2 aromatic carbocycles. The largest absolute Gasteiger partial charge is 0.295 e. The van der Waals surface area contributed by atoms with Gasteiger partial charge in [0.25, 0.3) is 0 Å². The molecule has 0 fully saturated rings. The van der Waals surface area contributed by atoms with Gasteiger partial charge in [-0.2, -0.15) is 0 Å². The lowest BCUT2D eigenvalue weighted by Crippen LogP contribution is -2.17. The van der Waals surface area contributed by atoms with Crippen molar-refractivity contribution in [2.24, 2.45) is 0 Å². The van der Waals surface area contributed by atoms with E-state index in [2.05, 4.69) is 96.4 Å². The molecular formula is C29H37NS2. The Hall–Kier alpha value is -1.71. The zero-order chi connectivity index (χ0) is 23.4. The van der Waals surface area contributed by atoms with E-state index in [-0.39, 0.29) is 10.8 Å². The molecule has 1 unspecified atom stereocenters. The van der Waals surface area contributed by atoms with Crippen LogP contribution in [0.25, 0.3) is 16.8 Å². The molecule has 0 spiro atoms. The minimum Gasteiger partial charge on any atom is -0.295 e. The second kappa shape index (κ2) is 8.25. The number of benzene rings is 2. The summed E-state index contributed by atoms with van der Waals surface area (Å²) < 4.78 is 3.40. The van der Waals surface area contributed by atoms with Crippen LogP contribution in [0.4, 0.5) is 0 Å². The fourth-order valence-electron chi connectivity index (χ4n) is 4.81. The van der Waals surface area contributed by atoms with Crippen LogP contribution < -0.4 is 0 Å². The van der Waals surface area contributed by atoms with E-state index in [1.165, 1.54) is 56.9 Å². The van der Waals surface area contributed by atoms with Gasteiger partial charge in [0.1, 0.15) is 0 Å². The molecule has 0 bridgehead atoms. The van der Waals surface area contributed by atoms with E-state index >= 15 is 0 Å². The van der Waals surface area contributed by atoms with Gasteiger partial charge in [-0.15, -0.1) is 11.3 Å². The number of nitrogens with zero attached hydrogens (tertiary/aromatic N) is 1. The van der Waals surface area contributed by atoms with Gasteiger partial charge in [0, 0.05) is 16.1 Å². The van der Waals surface area contributed by atoms with Gasteiger partial charge in [0.2, 0.25) is 0 Å². The summed E-state index contributed by atoms with van der Waals surface area (Å²) in [6.07, 6.45) is 3.63. The minimum atomic E-state index is 0.0906. The van der Waals surface area contributed by atoms with Gasteiger partial charge in [0.05, 0.1) is 5.69 Å². The number of aryl methyl sites for hydroxylation is 1. The highest BCUT2D eigenvalue weighted by atomic mass is 32.1. The Morgan fingerprint density at radius 2 is 1.59 bits per heavy atom. The second-order valence-corrected chi connectivity index (χ2v) is 13.3. The van der Waals surface area contributed by atoms with Crippen molar-refractivity contribution in [2.75, 3.05) is 0 Å². The first-order valence-electron chi connectivity index (χ1n) is 11.9. The standard InChI is InChI=1S/C29H37NS2/c1-18-11-9-13-23(20-15-21(28(3,4)5)17-22(16-20)29(6,7)8)25(18)30-24-14-10-12-19(2)26(24)32-27(30)31/h9,11,13,15-17,19H,10,12,14H2,1-8H3. The van der Waals surface area contributed by atoms with Crippen molar-refractivity contribution >= 4 is 23.6 Å². The molecule has 0 aliphatic heterocycles. The van der Waals surface area contributed by atoms with Crippen molar-refractivity contribution in [1.82, 2.24) is 4.57 Å². The molecule has 0 saturated carbocycles. The summed E-state index contributed by atoms with van der Waals surface area (Å²) in [6.45, 7) is 18.4. The highest BCUT2D eigenvalue weighted by Gasteiger charge is 2.26. The molecule has 3 aromatic rings. The molecule has 170 valence electrons. The van der Waals surface area contributed by atoms with Crippen LogP contribution in [0.5, 0.6) is 0 Å². The molecule has 1 atom stereocenters. The monoisotopic (exact) mass is 463 g/mol. The number of hydrogen-bond acceptors (Lipinski definition) is 2. The van der Waals surface area contributed by atoms with Gasteiger partial charge >= 0.3 is 0 Å². The molecule has 0 radical (unpaired) electrons. The highest BCUT2D eigenvalue weighted by molar-refractivity contribution is 7.73. The number of thiazole rings is 1. The lowest BCUT2D eigenvalue weighted by molar-refractivity contribution is 0.569. The van der Waals surface area contributed by atoms with Crippen LogP contribution in [0.3, 0.4) is 0 Å². The molecule has 0 amide bonds. The van der Waals surface area contributed by atoms with Gasteiger partial charge < -0.3 is 0 Å². The number of fused-ring (bicyclic) bond motifs is 1. The van der Waals surface area contributed by atoms with Crippen molar-refractivity contribution in [2.45, 2.75) is 91.4 Å². The Bertz CT molecular complexity index is 1180. The number of rotatable bonds is 2. The predicted molar refractivity (Wildman–Crippen MR) is 143 cm³/mol.